The highest BCUT2D eigenvalue weighted by Crippen LogP contribution is 2.33. The molecule has 0 bridgehead atoms. The average Bonchev–Trinajstić information content (AvgIpc) is 2.20. The second-order valence-electron chi connectivity index (χ2n) is 5.96. The molecule has 0 radical (unpaired) electrons. The Hall–Kier alpha value is -1.02. The summed E-state index contributed by atoms with van der Waals surface area (Å²) < 4.78 is 0. The molecule has 1 atom stereocenters. The van der Waals surface area contributed by atoms with Gasteiger partial charge in [0.15, 0.2) is 0 Å². The number of aliphatic hydroxyl groups is 1. The van der Waals surface area contributed by atoms with Gasteiger partial charge in [0.05, 0.1) is 6.10 Å². The Bertz CT molecular complexity index is 391. The van der Waals surface area contributed by atoms with Crippen LogP contribution in [0.2, 0.25) is 0 Å². The van der Waals surface area contributed by atoms with Crippen molar-refractivity contribution in [2.75, 3.05) is 11.4 Å². The molecule has 0 aliphatic carbocycles. The van der Waals surface area contributed by atoms with Crippen LogP contribution >= 0.6 is 0 Å². The number of aryl methyl sites for hydroxylation is 2. The number of β-amino-alcohol motifs (C(OH)–C–C–N with tert-alkyl or cyclic N) is 1. The zero-order valence-electron chi connectivity index (χ0n) is 11.3. The largest absolute Gasteiger partial charge is 0.391 e. The van der Waals surface area contributed by atoms with Gasteiger partial charge in [-0.2, -0.15) is 0 Å². The molecule has 94 valence electrons. The van der Waals surface area contributed by atoms with Crippen molar-refractivity contribution in [3.8, 4) is 0 Å². The number of nitrogens with zero attached hydrogens (tertiary/aromatic N) is 1. The standard InChI is InChI=1S/C15H23NO/c1-11-7-12(2)9-13(8-11)16-10-14(17)5-6-15(16,3)4/h7-9,14,17H,5-6,10H2,1-4H3. The summed E-state index contributed by atoms with van der Waals surface area (Å²) in [5, 5.41) is 9.87. The minimum atomic E-state index is -0.191. The summed E-state index contributed by atoms with van der Waals surface area (Å²) in [6.45, 7) is 9.52. The van der Waals surface area contributed by atoms with Gasteiger partial charge < -0.3 is 10.0 Å². The van der Waals surface area contributed by atoms with Gasteiger partial charge in [0.1, 0.15) is 0 Å². The van der Waals surface area contributed by atoms with E-state index in [1.54, 1.807) is 0 Å². The summed E-state index contributed by atoms with van der Waals surface area (Å²) in [4.78, 5) is 2.35. The highest BCUT2D eigenvalue weighted by atomic mass is 16.3. The zero-order chi connectivity index (χ0) is 12.6. The molecule has 1 aromatic rings. The minimum absolute atomic E-state index is 0.138. The summed E-state index contributed by atoms with van der Waals surface area (Å²) in [5.41, 5.74) is 3.96. The molecule has 17 heavy (non-hydrogen) atoms. The van der Waals surface area contributed by atoms with Gasteiger partial charge in [0.25, 0.3) is 0 Å². The smallest absolute Gasteiger partial charge is 0.0716 e. The number of aliphatic hydroxyl groups excluding tert-OH is 1. The number of hydrogen-bond acceptors (Lipinski definition) is 2. The molecule has 0 amide bonds. The molecule has 1 aliphatic heterocycles. The van der Waals surface area contributed by atoms with Crippen LogP contribution in [-0.4, -0.2) is 23.3 Å². The van der Waals surface area contributed by atoms with Crippen LogP contribution in [0.5, 0.6) is 0 Å². The summed E-state index contributed by atoms with van der Waals surface area (Å²) in [7, 11) is 0. The molecular formula is C15H23NO. The molecule has 0 saturated carbocycles. The first-order valence-electron chi connectivity index (χ1n) is 6.42. The first-order valence-corrected chi connectivity index (χ1v) is 6.42. The fourth-order valence-corrected chi connectivity index (χ4v) is 2.77. The molecule has 1 fully saturated rings. The molecular weight excluding hydrogens is 210 g/mol. The molecule has 0 aromatic heterocycles. The van der Waals surface area contributed by atoms with Crippen LogP contribution in [0.25, 0.3) is 0 Å². The fraction of sp³-hybridized carbons (Fsp3) is 0.600. The molecule has 0 spiro atoms. The molecule has 1 heterocycles. The Morgan fingerprint density at radius 3 is 2.35 bits per heavy atom. The van der Waals surface area contributed by atoms with Crippen LogP contribution in [0.3, 0.4) is 0 Å². The topological polar surface area (TPSA) is 23.5 Å². The van der Waals surface area contributed by atoms with E-state index in [9.17, 15) is 5.11 Å². The van der Waals surface area contributed by atoms with Crippen LogP contribution in [0.4, 0.5) is 5.69 Å². The predicted molar refractivity (Wildman–Crippen MR) is 72.6 cm³/mol. The number of hydrogen-bond donors (Lipinski definition) is 1. The average molecular weight is 233 g/mol. The maximum absolute atomic E-state index is 9.87. The summed E-state index contributed by atoms with van der Waals surface area (Å²) >= 11 is 0. The Balaban J connectivity index is 2.36. The van der Waals surface area contributed by atoms with E-state index in [1.165, 1.54) is 16.8 Å². The highest BCUT2D eigenvalue weighted by Gasteiger charge is 2.33. The Labute approximate surface area is 104 Å². The Morgan fingerprint density at radius 1 is 1.18 bits per heavy atom. The zero-order valence-corrected chi connectivity index (χ0v) is 11.3. The maximum atomic E-state index is 9.87. The van der Waals surface area contributed by atoms with E-state index in [-0.39, 0.29) is 11.6 Å². The number of rotatable bonds is 1. The van der Waals surface area contributed by atoms with Crippen molar-refractivity contribution >= 4 is 5.69 Å². The van der Waals surface area contributed by atoms with Gasteiger partial charge in [-0.1, -0.05) is 6.07 Å². The minimum Gasteiger partial charge on any atom is -0.391 e. The number of anilines is 1. The lowest BCUT2D eigenvalue weighted by Gasteiger charge is -2.46. The quantitative estimate of drug-likeness (QED) is 0.806. The van der Waals surface area contributed by atoms with Gasteiger partial charge in [-0.15, -0.1) is 0 Å². The van der Waals surface area contributed by atoms with Gasteiger partial charge in [-0.05, 0) is 63.8 Å². The van der Waals surface area contributed by atoms with Gasteiger partial charge >= 0.3 is 0 Å². The Morgan fingerprint density at radius 2 is 1.76 bits per heavy atom. The highest BCUT2D eigenvalue weighted by molar-refractivity contribution is 5.53. The van der Waals surface area contributed by atoms with Crippen LogP contribution in [-0.2, 0) is 0 Å². The van der Waals surface area contributed by atoms with Crippen molar-refractivity contribution in [3.63, 3.8) is 0 Å². The van der Waals surface area contributed by atoms with Crippen molar-refractivity contribution < 1.29 is 5.11 Å². The van der Waals surface area contributed by atoms with E-state index in [0.717, 1.165) is 19.4 Å². The summed E-state index contributed by atoms with van der Waals surface area (Å²) in [6.07, 6.45) is 1.76. The van der Waals surface area contributed by atoms with E-state index in [4.69, 9.17) is 0 Å². The summed E-state index contributed by atoms with van der Waals surface area (Å²) in [6, 6.07) is 6.62. The lowest BCUT2D eigenvalue weighted by molar-refractivity contribution is 0.126. The third kappa shape index (κ3) is 2.63. The lowest BCUT2D eigenvalue weighted by Crippen LogP contribution is -2.52. The Kier molecular flexibility index (Phi) is 3.17. The fourth-order valence-electron chi connectivity index (χ4n) is 2.77. The maximum Gasteiger partial charge on any atom is 0.0716 e. The van der Waals surface area contributed by atoms with Crippen LogP contribution in [0.15, 0.2) is 18.2 Å². The summed E-state index contributed by atoms with van der Waals surface area (Å²) in [5.74, 6) is 0. The molecule has 2 nitrogen and oxygen atoms in total. The van der Waals surface area contributed by atoms with E-state index < -0.39 is 0 Å². The van der Waals surface area contributed by atoms with E-state index in [2.05, 4.69) is 50.8 Å². The first-order chi connectivity index (χ1) is 7.88. The number of piperidine rings is 1. The van der Waals surface area contributed by atoms with Crippen molar-refractivity contribution in [2.45, 2.75) is 52.2 Å². The van der Waals surface area contributed by atoms with E-state index in [0.29, 0.717) is 0 Å². The van der Waals surface area contributed by atoms with Crippen molar-refractivity contribution in [2.24, 2.45) is 0 Å². The van der Waals surface area contributed by atoms with E-state index in [1.807, 2.05) is 0 Å². The third-order valence-electron chi connectivity index (χ3n) is 3.73. The van der Waals surface area contributed by atoms with Gasteiger partial charge in [0, 0.05) is 17.8 Å². The van der Waals surface area contributed by atoms with Crippen LogP contribution < -0.4 is 4.90 Å². The van der Waals surface area contributed by atoms with Crippen LogP contribution in [0, 0.1) is 13.8 Å². The molecule has 1 aliphatic rings. The second kappa shape index (κ2) is 4.34. The monoisotopic (exact) mass is 233 g/mol. The SMILES string of the molecule is Cc1cc(C)cc(N2CC(O)CCC2(C)C)c1. The molecule has 1 saturated heterocycles. The molecule has 1 N–H and O–H groups in total. The number of benzene rings is 1. The normalized spacial score (nSPS) is 23.8. The molecule has 2 heteroatoms. The predicted octanol–water partition coefficient (Wildman–Crippen LogP) is 3.04. The molecule has 1 unspecified atom stereocenters. The first kappa shape index (κ1) is 12.4. The lowest BCUT2D eigenvalue weighted by atomic mass is 9.88. The van der Waals surface area contributed by atoms with E-state index >= 15 is 0 Å². The van der Waals surface area contributed by atoms with Gasteiger partial charge in [-0.3, -0.25) is 0 Å². The van der Waals surface area contributed by atoms with Gasteiger partial charge in [0.2, 0.25) is 0 Å². The van der Waals surface area contributed by atoms with Crippen LogP contribution in [0.1, 0.15) is 37.8 Å². The van der Waals surface area contributed by atoms with Gasteiger partial charge in [-0.25, -0.2) is 0 Å². The van der Waals surface area contributed by atoms with Crippen molar-refractivity contribution in [3.05, 3.63) is 29.3 Å². The second-order valence-corrected chi connectivity index (χ2v) is 5.96. The molecule has 1 aromatic carbocycles. The molecule has 2 rings (SSSR count). The van der Waals surface area contributed by atoms with Crippen molar-refractivity contribution in [1.82, 2.24) is 0 Å². The third-order valence-corrected chi connectivity index (χ3v) is 3.73. The van der Waals surface area contributed by atoms with Crippen molar-refractivity contribution in [1.29, 1.82) is 0 Å².